The first-order chi connectivity index (χ1) is 14.5. The number of fused-ring (bicyclic) bond motifs is 1. The zero-order chi connectivity index (χ0) is 21.3. The Labute approximate surface area is 171 Å². The predicted octanol–water partition coefficient (Wildman–Crippen LogP) is 3.53. The molecule has 4 aromatic rings. The second-order valence-electron chi connectivity index (χ2n) is 6.45. The summed E-state index contributed by atoms with van der Waals surface area (Å²) < 4.78 is 25.9. The summed E-state index contributed by atoms with van der Waals surface area (Å²) in [6, 6.07) is 10.1. The Kier molecular flexibility index (Phi) is 5.01. The molecule has 0 aliphatic rings. The Balaban J connectivity index is 1.69. The average molecular weight is 407 g/mol. The Morgan fingerprint density at radius 3 is 2.70 bits per heavy atom. The van der Waals surface area contributed by atoms with Crippen molar-refractivity contribution in [1.82, 2.24) is 20.0 Å². The number of hydrogen-bond acceptors (Lipinski definition) is 6. The van der Waals surface area contributed by atoms with Crippen molar-refractivity contribution in [1.29, 1.82) is 0 Å². The molecule has 0 spiro atoms. The first-order valence-electron chi connectivity index (χ1n) is 9.01. The van der Waals surface area contributed by atoms with E-state index < -0.39 is 11.7 Å². The number of pyridine rings is 1. The zero-order valence-corrected chi connectivity index (χ0v) is 16.5. The van der Waals surface area contributed by atoms with Crippen LogP contribution in [0.25, 0.3) is 16.5 Å². The van der Waals surface area contributed by atoms with E-state index in [9.17, 15) is 9.18 Å². The number of benzene rings is 2. The van der Waals surface area contributed by atoms with Gasteiger partial charge in [-0.15, -0.1) is 5.10 Å². The van der Waals surface area contributed by atoms with Gasteiger partial charge < -0.3 is 14.8 Å². The van der Waals surface area contributed by atoms with Crippen molar-refractivity contribution in [3.8, 4) is 17.2 Å². The lowest BCUT2D eigenvalue weighted by Gasteiger charge is -2.12. The fourth-order valence-electron chi connectivity index (χ4n) is 3.20. The number of carbonyl (C=O) groups is 1. The summed E-state index contributed by atoms with van der Waals surface area (Å²) in [4.78, 5) is 17.0. The highest BCUT2D eigenvalue weighted by Crippen LogP contribution is 2.32. The average Bonchev–Trinajstić information content (AvgIpc) is 3.14. The molecule has 30 heavy (non-hydrogen) atoms. The van der Waals surface area contributed by atoms with Crippen LogP contribution in [0.2, 0.25) is 0 Å². The Morgan fingerprint density at radius 1 is 1.13 bits per heavy atom. The highest BCUT2D eigenvalue weighted by Gasteiger charge is 2.21. The molecule has 8 nitrogen and oxygen atoms in total. The van der Waals surface area contributed by atoms with E-state index in [1.807, 2.05) is 24.3 Å². The van der Waals surface area contributed by atoms with Crippen molar-refractivity contribution < 1.29 is 18.7 Å². The smallest absolute Gasteiger partial charge is 0.278 e. The van der Waals surface area contributed by atoms with Crippen molar-refractivity contribution in [3.05, 3.63) is 66.0 Å². The molecule has 9 heteroatoms. The largest absolute Gasteiger partial charge is 0.494 e. The van der Waals surface area contributed by atoms with Gasteiger partial charge in [0.15, 0.2) is 17.3 Å². The van der Waals surface area contributed by atoms with Gasteiger partial charge in [0, 0.05) is 35.3 Å². The zero-order valence-electron chi connectivity index (χ0n) is 16.5. The maximum atomic E-state index is 14.1. The maximum Gasteiger partial charge on any atom is 0.278 e. The van der Waals surface area contributed by atoms with Crippen LogP contribution in [0, 0.1) is 12.7 Å². The van der Waals surface area contributed by atoms with E-state index in [1.165, 1.54) is 20.3 Å². The third-order valence-electron chi connectivity index (χ3n) is 4.72. The van der Waals surface area contributed by atoms with Crippen LogP contribution >= 0.6 is 0 Å². The van der Waals surface area contributed by atoms with Crippen LogP contribution in [0.1, 0.15) is 16.2 Å². The van der Waals surface area contributed by atoms with Crippen molar-refractivity contribution in [2.24, 2.45) is 0 Å². The van der Waals surface area contributed by atoms with Crippen LogP contribution in [0.4, 0.5) is 10.1 Å². The molecule has 1 N–H and O–H groups in total. The molecule has 2 aromatic carbocycles. The van der Waals surface area contributed by atoms with Crippen LogP contribution in [-0.4, -0.2) is 40.1 Å². The second kappa shape index (κ2) is 7.78. The molecule has 0 bridgehead atoms. The van der Waals surface area contributed by atoms with E-state index in [4.69, 9.17) is 9.47 Å². The van der Waals surface area contributed by atoms with Gasteiger partial charge in [-0.3, -0.25) is 9.78 Å². The lowest BCUT2D eigenvalue weighted by Crippen LogP contribution is -2.15. The predicted molar refractivity (Wildman–Crippen MR) is 109 cm³/mol. The van der Waals surface area contributed by atoms with E-state index in [0.29, 0.717) is 5.69 Å². The lowest BCUT2D eigenvalue weighted by atomic mass is 10.1. The van der Waals surface area contributed by atoms with E-state index in [-0.39, 0.29) is 22.9 Å². The summed E-state index contributed by atoms with van der Waals surface area (Å²) in [5.74, 6) is -0.896. The van der Waals surface area contributed by atoms with Crippen LogP contribution in [0.15, 0.2) is 48.8 Å². The molecule has 2 heterocycles. The first-order valence-corrected chi connectivity index (χ1v) is 9.01. The van der Waals surface area contributed by atoms with Crippen LogP contribution < -0.4 is 14.8 Å². The molecule has 0 saturated heterocycles. The fraction of sp³-hybridized carbons (Fsp3) is 0.143. The number of halogens is 1. The number of methoxy groups -OCH3 is 2. The van der Waals surface area contributed by atoms with Crippen LogP contribution in [0.3, 0.4) is 0 Å². The lowest BCUT2D eigenvalue weighted by molar-refractivity contribution is 0.102. The van der Waals surface area contributed by atoms with Crippen LogP contribution in [-0.2, 0) is 0 Å². The van der Waals surface area contributed by atoms with Gasteiger partial charge in [-0.05, 0) is 19.1 Å². The molecule has 0 unspecified atom stereocenters. The van der Waals surface area contributed by atoms with Crippen molar-refractivity contribution in [2.45, 2.75) is 6.92 Å². The molecule has 152 valence electrons. The number of hydrogen-bond donors (Lipinski definition) is 1. The molecule has 0 radical (unpaired) electrons. The molecule has 0 aliphatic heterocycles. The normalized spacial score (nSPS) is 10.8. The summed E-state index contributed by atoms with van der Waals surface area (Å²) in [6.45, 7) is 1.74. The summed E-state index contributed by atoms with van der Waals surface area (Å²) in [7, 11) is 2.76. The molecule has 1 amide bonds. The van der Waals surface area contributed by atoms with E-state index in [1.54, 1.807) is 24.0 Å². The summed E-state index contributed by atoms with van der Waals surface area (Å²) >= 11 is 0. The van der Waals surface area contributed by atoms with Gasteiger partial charge in [0.2, 0.25) is 0 Å². The number of aromatic nitrogens is 4. The highest BCUT2D eigenvalue weighted by atomic mass is 19.1. The Morgan fingerprint density at radius 2 is 1.93 bits per heavy atom. The summed E-state index contributed by atoms with van der Waals surface area (Å²) in [5, 5.41) is 12.7. The van der Waals surface area contributed by atoms with E-state index in [0.717, 1.165) is 22.5 Å². The van der Waals surface area contributed by atoms with Gasteiger partial charge in [0.1, 0.15) is 5.75 Å². The number of nitrogens with zero attached hydrogens (tertiary/aromatic N) is 4. The molecular weight excluding hydrogens is 389 g/mol. The Bertz CT molecular complexity index is 1250. The van der Waals surface area contributed by atoms with Gasteiger partial charge in [0.25, 0.3) is 5.91 Å². The number of ether oxygens (including phenoxy) is 2. The number of amides is 1. The minimum Gasteiger partial charge on any atom is -0.494 e. The Hall–Kier alpha value is -4.01. The molecular formula is C21H18FN5O3. The fourth-order valence-corrected chi connectivity index (χ4v) is 3.20. The minimum atomic E-state index is -0.627. The third-order valence-corrected chi connectivity index (χ3v) is 4.72. The first kappa shape index (κ1) is 19.3. The molecule has 0 fully saturated rings. The molecule has 0 atom stereocenters. The quantitative estimate of drug-likeness (QED) is 0.544. The topological polar surface area (TPSA) is 91.2 Å². The van der Waals surface area contributed by atoms with Crippen molar-refractivity contribution >= 4 is 22.4 Å². The maximum absolute atomic E-state index is 14.1. The summed E-state index contributed by atoms with van der Waals surface area (Å²) in [6.07, 6.45) is 3.44. The van der Waals surface area contributed by atoms with Gasteiger partial charge in [-0.25, -0.2) is 9.07 Å². The number of rotatable bonds is 5. The molecule has 2 aromatic heterocycles. The summed E-state index contributed by atoms with van der Waals surface area (Å²) in [5.41, 5.74) is 1.57. The van der Waals surface area contributed by atoms with Crippen LogP contribution in [0.5, 0.6) is 11.5 Å². The van der Waals surface area contributed by atoms with Gasteiger partial charge >= 0.3 is 0 Å². The molecule has 0 saturated carbocycles. The molecule has 0 aliphatic carbocycles. The van der Waals surface area contributed by atoms with Gasteiger partial charge in [-0.1, -0.05) is 17.3 Å². The van der Waals surface area contributed by atoms with E-state index in [2.05, 4.69) is 20.6 Å². The number of nitrogens with one attached hydrogen (secondary N) is 1. The standard InChI is InChI=1S/C21H18FN5O3/c1-12-20(21(28)24-16-9-15(22)18(29-2)10-19(16)30-3)25-26-27(12)17-6-4-5-13-11-23-8-7-14(13)17/h4-11H,1-3H3,(H,24,28). The van der Waals surface area contributed by atoms with Gasteiger partial charge in [0.05, 0.1) is 31.3 Å². The second-order valence-corrected chi connectivity index (χ2v) is 6.45. The highest BCUT2D eigenvalue weighted by molar-refractivity contribution is 6.04. The van der Waals surface area contributed by atoms with Crippen molar-refractivity contribution in [2.75, 3.05) is 19.5 Å². The minimum absolute atomic E-state index is 0.0115. The third kappa shape index (κ3) is 3.30. The monoisotopic (exact) mass is 407 g/mol. The van der Waals surface area contributed by atoms with E-state index >= 15 is 0 Å². The SMILES string of the molecule is COc1cc(OC)c(NC(=O)c2nnn(-c3cccc4cnccc34)c2C)cc1F. The number of carbonyl (C=O) groups excluding carboxylic acids is 1. The molecule has 4 rings (SSSR count). The van der Waals surface area contributed by atoms with Gasteiger partial charge in [-0.2, -0.15) is 0 Å². The number of anilines is 1. The van der Waals surface area contributed by atoms with Crippen molar-refractivity contribution in [3.63, 3.8) is 0 Å².